The smallest absolute Gasteiger partial charge is 0.364 e. The van der Waals surface area contributed by atoms with Crippen LogP contribution in [0.1, 0.15) is 16.2 Å². The number of nitrogens with two attached hydrogens (primary N) is 1. The lowest BCUT2D eigenvalue weighted by Gasteiger charge is -2.11. The molecule has 0 radical (unpaired) electrons. The Labute approximate surface area is 132 Å². The summed E-state index contributed by atoms with van der Waals surface area (Å²) in [6.07, 6.45) is -4.71. The Morgan fingerprint density at radius 2 is 1.87 bits per heavy atom. The van der Waals surface area contributed by atoms with Gasteiger partial charge in [0.05, 0.1) is 5.69 Å². The molecule has 0 aliphatic carbocycles. The van der Waals surface area contributed by atoms with E-state index in [0.29, 0.717) is 10.1 Å². The van der Waals surface area contributed by atoms with Gasteiger partial charge in [-0.05, 0) is 6.07 Å². The fourth-order valence-electron chi connectivity index (χ4n) is 2.11. The van der Waals surface area contributed by atoms with Crippen LogP contribution in [0, 0.1) is 0 Å². The molecule has 0 unspecified atom stereocenters. The van der Waals surface area contributed by atoms with E-state index >= 15 is 0 Å². The minimum atomic E-state index is -4.71. The molecule has 0 atom stereocenters. The summed E-state index contributed by atoms with van der Waals surface area (Å²) in [5, 5.41) is 3.22. The third-order valence-corrected chi connectivity index (χ3v) is 3.47. The van der Waals surface area contributed by atoms with E-state index in [1.54, 1.807) is 30.3 Å². The molecule has 23 heavy (non-hydrogen) atoms. The van der Waals surface area contributed by atoms with Crippen LogP contribution in [0.5, 0.6) is 0 Å². The predicted molar refractivity (Wildman–Crippen MR) is 77.0 cm³/mol. The molecule has 9 heteroatoms. The molecule has 0 saturated carbocycles. The molecule has 2 N–H and O–H groups in total. The van der Waals surface area contributed by atoms with Crippen molar-refractivity contribution in [1.29, 1.82) is 0 Å². The fraction of sp³-hybridized carbons (Fsp3) is 0.0714. The van der Waals surface area contributed by atoms with Crippen molar-refractivity contribution in [2.45, 2.75) is 6.18 Å². The number of fused-ring (bicyclic) bond motifs is 1. The Hall–Kier alpha value is -2.61. The molecule has 2 heterocycles. The first kappa shape index (κ1) is 15.3. The minimum absolute atomic E-state index is 0.0586. The highest BCUT2D eigenvalue weighted by Crippen LogP contribution is 2.34. The molecule has 1 amide bonds. The number of primary amides is 1. The summed E-state index contributed by atoms with van der Waals surface area (Å²) in [7, 11) is 0. The number of rotatable bonds is 2. The van der Waals surface area contributed by atoms with Crippen LogP contribution in [0.25, 0.3) is 16.9 Å². The zero-order valence-corrected chi connectivity index (χ0v) is 12.1. The Balaban J connectivity index is 2.38. The average Bonchev–Trinajstić information content (AvgIpc) is 2.84. The maximum Gasteiger partial charge on any atom is 0.433 e. The molecule has 0 spiro atoms. The maximum absolute atomic E-state index is 13.3. The lowest BCUT2D eigenvalue weighted by Crippen LogP contribution is -2.15. The van der Waals surface area contributed by atoms with E-state index in [0.717, 1.165) is 6.07 Å². The van der Waals surface area contributed by atoms with Gasteiger partial charge in [-0.15, -0.1) is 0 Å². The van der Waals surface area contributed by atoms with Gasteiger partial charge in [0.15, 0.2) is 17.0 Å². The van der Waals surface area contributed by atoms with Gasteiger partial charge in [-0.3, -0.25) is 4.79 Å². The van der Waals surface area contributed by atoms with Gasteiger partial charge in [-0.2, -0.15) is 18.3 Å². The quantitative estimate of drug-likeness (QED) is 0.778. The first-order chi connectivity index (χ1) is 10.8. The first-order valence-corrected chi connectivity index (χ1v) is 6.68. The highest BCUT2D eigenvalue weighted by Gasteiger charge is 2.36. The highest BCUT2D eigenvalue weighted by atomic mass is 35.5. The monoisotopic (exact) mass is 340 g/mol. The SMILES string of the molecule is NC(=O)c1nn2c(C(F)(F)F)cc(-c3ccccc3)nc2c1Cl. The number of halogens is 4. The Morgan fingerprint density at radius 1 is 1.22 bits per heavy atom. The number of carbonyl (C=O) groups excluding carboxylic acids is 1. The van der Waals surface area contributed by atoms with Crippen molar-refractivity contribution in [1.82, 2.24) is 14.6 Å². The van der Waals surface area contributed by atoms with Gasteiger partial charge in [0.25, 0.3) is 5.91 Å². The lowest BCUT2D eigenvalue weighted by atomic mass is 10.1. The van der Waals surface area contributed by atoms with Crippen LogP contribution in [0.15, 0.2) is 36.4 Å². The largest absolute Gasteiger partial charge is 0.433 e. The molecule has 0 aliphatic heterocycles. The van der Waals surface area contributed by atoms with Crippen molar-refractivity contribution >= 4 is 23.2 Å². The van der Waals surface area contributed by atoms with Crippen LogP contribution >= 0.6 is 11.6 Å². The minimum Gasteiger partial charge on any atom is -0.364 e. The number of aromatic nitrogens is 3. The van der Waals surface area contributed by atoms with Crippen molar-refractivity contribution in [2.24, 2.45) is 5.73 Å². The Bertz CT molecular complexity index is 906. The normalized spacial score (nSPS) is 11.8. The Kier molecular flexibility index (Phi) is 3.48. The molecule has 2 aromatic heterocycles. The summed E-state index contributed by atoms with van der Waals surface area (Å²) in [6.45, 7) is 0. The van der Waals surface area contributed by atoms with Gasteiger partial charge >= 0.3 is 6.18 Å². The van der Waals surface area contributed by atoms with Crippen LogP contribution in [0.4, 0.5) is 13.2 Å². The number of hydrogen-bond donors (Lipinski definition) is 1. The van der Waals surface area contributed by atoms with Gasteiger partial charge < -0.3 is 5.73 Å². The van der Waals surface area contributed by atoms with E-state index in [9.17, 15) is 18.0 Å². The van der Waals surface area contributed by atoms with E-state index in [-0.39, 0.29) is 16.4 Å². The lowest BCUT2D eigenvalue weighted by molar-refractivity contribution is -0.142. The van der Waals surface area contributed by atoms with Gasteiger partial charge in [0, 0.05) is 5.56 Å². The van der Waals surface area contributed by atoms with Crippen molar-refractivity contribution < 1.29 is 18.0 Å². The van der Waals surface area contributed by atoms with E-state index in [2.05, 4.69) is 10.1 Å². The Morgan fingerprint density at radius 3 is 2.43 bits per heavy atom. The van der Waals surface area contributed by atoms with Crippen LogP contribution in [0.3, 0.4) is 0 Å². The molecule has 3 rings (SSSR count). The van der Waals surface area contributed by atoms with E-state index in [1.807, 2.05) is 0 Å². The summed E-state index contributed by atoms with van der Waals surface area (Å²) in [5.41, 5.74) is 3.76. The number of benzene rings is 1. The topological polar surface area (TPSA) is 73.3 Å². The number of hydrogen-bond acceptors (Lipinski definition) is 3. The highest BCUT2D eigenvalue weighted by molar-refractivity contribution is 6.36. The zero-order chi connectivity index (χ0) is 16.8. The summed E-state index contributed by atoms with van der Waals surface area (Å²) in [4.78, 5) is 15.3. The summed E-state index contributed by atoms with van der Waals surface area (Å²) in [6, 6.07) is 9.12. The third-order valence-electron chi connectivity index (χ3n) is 3.13. The van der Waals surface area contributed by atoms with Crippen molar-refractivity contribution in [3.8, 4) is 11.3 Å². The zero-order valence-electron chi connectivity index (χ0n) is 11.3. The van der Waals surface area contributed by atoms with Crippen molar-refractivity contribution in [3.63, 3.8) is 0 Å². The maximum atomic E-state index is 13.3. The second kappa shape index (κ2) is 5.24. The van der Waals surface area contributed by atoms with Gasteiger partial charge in [0.1, 0.15) is 5.02 Å². The van der Waals surface area contributed by atoms with Gasteiger partial charge in [0.2, 0.25) is 0 Å². The number of amides is 1. The molecular weight excluding hydrogens is 333 g/mol. The fourth-order valence-corrected chi connectivity index (χ4v) is 2.36. The number of nitrogens with zero attached hydrogens (tertiary/aromatic N) is 3. The van der Waals surface area contributed by atoms with Crippen molar-refractivity contribution in [3.05, 3.63) is 52.8 Å². The summed E-state index contributed by atoms with van der Waals surface area (Å²) >= 11 is 5.92. The first-order valence-electron chi connectivity index (χ1n) is 6.30. The van der Waals surface area contributed by atoms with Crippen LogP contribution in [0.2, 0.25) is 5.02 Å². The molecular formula is C14H8ClF3N4O. The van der Waals surface area contributed by atoms with Crippen LogP contribution in [-0.2, 0) is 6.18 Å². The van der Waals surface area contributed by atoms with Gasteiger partial charge in [-0.1, -0.05) is 41.9 Å². The second-order valence-electron chi connectivity index (χ2n) is 4.65. The summed E-state index contributed by atoms with van der Waals surface area (Å²) in [5.74, 6) is -1.03. The molecule has 118 valence electrons. The predicted octanol–water partition coefficient (Wildman–Crippen LogP) is 3.17. The second-order valence-corrected chi connectivity index (χ2v) is 5.03. The summed E-state index contributed by atoms with van der Waals surface area (Å²) < 4.78 is 40.4. The molecule has 0 saturated heterocycles. The average molecular weight is 341 g/mol. The molecule has 0 bridgehead atoms. The molecule has 1 aromatic carbocycles. The van der Waals surface area contributed by atoms with Crippen molar-refractivity contribution in [2.75, 3.05) is 0 Å². The molecule has 0 fully saturated rings. The molecule has 3 aromatic rings. The number of carbonyl (C=O) groups is 1. The van der Waals surface area contributed by atoms with Crippen LogP contribution in [-0.4, -0.2) is 20.5 Å². The van der Waals surface area contributed by atoms with Gasteiger partial charge in [-0.25, -0.2) is 9.50 Å². The van der Waals surface area contributed by atoms with E-state index < -0.39 is 23.5 Å². The molecule has 0 aliphatic rings. The van der Waals surface area contributed by atoms with E-state index in [4.69, 9.17) is 17.3 Å². The standard InChI is InChI=1S/C14H8ClF3N4O/c15-10-11(12(19)23)21-22-9(14(16,17)18)6-8(20-13(10)22)7-4-2-1-3-5-7/h1-6H,(H2,19,23). The van der Waals surface area contributed by atoms with Crippen LogP contribution < -0.4 is 5.73 Å². The molecule has 5 nitrogen and oxygen atoms in total. The van der Waals surface area contributed by atoms with E-state index in [1.165, 1.54) is 0 Å². The third kappa shape index (κ3) is 2.61. The number of alkyl halides is 3.